The zero-order valence-corrected chi connectivity index (χ0v) is 14.9. The van der Waals surface area contributed by atoms with Crippen molar-refractivity contribution in [1.29, 1.82) is 0 Å². The SMILES string of the molecule is CC(C)c1ccccc1NC(=O)CNC1(CO)CCc2ccccc21. The van der Waals surface area contributed by atoms with Crippen LogP contribution in [0.2, 0.25) is 0 Å². The number of amides is 1. The van der Waals surface area contributed by atoms with E-state index in [2.05, 4.69) is 30.5 Å². The fraction of sp³-hybridized carbons (Fsp3) is 0.381. The van der Waals surface area contributed by atoms with Gasteiger partial charge in [0.15, 0.2) is 0 Å². The summed E-state index contributed by atoms with van der Waals surface area (Å²) in [6.07, 6.45) is 1.72. The first-order valence-electron chi connectivity index (χ1n) is 8.89. The molecule has 0 bridgehead atoms. The number of aliphatic hydroxyl groups excluding tert-OH is 1. The molecule has 1 atom stereocenters. The molecule has 3 N–H and O–H groups in total. The van der Waals surface area contributed by atoms with Crippen molar-refractivity contribution in [3.8, 4) is 0 Å². The molecule has 0 aromatic heterocycles. The Morgan fingerprint density at radius 1 is 1.16 bits per heavy atom. The van der Waals surface area contributed by atoms with E-state index in [4.69, 9.17) is 0 Å². The number of carbonyl (C=O) groups is 1. The maximum atomic E-state index is 12.5. The van der Waals surface area contributed by atoms with E-state index in [-0.39, 0.29) is 19.1 Å². The third-order valence-corrected chi connectivity index (χ3v) is 5.07. The van der Waals surface area contributed by atoms with Gasteiger partial charge in [0.05, 0.1) is 18.7 Å². The molecule has 3 rings (SSSR count). The number of hydrogen-bond donors (Lipinski definition) is 3. The van der Waals surface area contributed by atoms with Crippen LogP contribution in [0.3, 0.4) is 0 Å². The number of nitrogens with one attached hydrogen (secondary N) is 2. The average molecular weight is 338 g/mol. The number of anilines is 1. The van der Waals surface area contributed by atoms with Crippen molar-refractivity contribution in [1.82, 2.24) is 5.32 Å². The van der Waals surface area contributed by atoms with E-state index in [1.165, 1.54) is 5.56 Å². The van der Waals surface area contributed by atoms with Gasteiger partial charge in [0.1, 0.15) is 0 Å². The highest BCUT2D eigenvalue weighted by Crippen LogP contribution is 2.36. The summed E-state index contributed by atoms with van der Waals surface area (Å²) in [4.78, 5) is 12.5. The Balaban J connectivity index is 1.69. The molecule has 1 aliphatic rings. The minimum absolute atomic E-state index is 0.0140. The zero-order chi connectivity index (χ0) is 17.9. The smallest absolute Gasteiger partial charge is 0.238 e. The van der Waals surface area contributed by atoms with Gasteiger partial charge in [-0.1, -0.05) is 56.3 Å². The summed E-state index contributed by atoms with van der Waals surface area (Å²) in [6.45, 7) is 4.38. The van der Waals surface area contributed by atoms with Gasteiger partial charge in [-0.15, -0.1) is 0 Å². The summed E-state index contributed by atoms with van der Waals surface area (Å²) in [5.74, 6) is 0.250. The number of benzene rings is 2. The third kappa shape index (κ3) is 3.60. The summed E-state index contributed by atoms with van der Waals surface area (Å²) < 4.78 is 0. The number of para-hydroxylation sites is 1. The molecule has 0 spiro atoms. The lowest BCUT2D eigenvalue weighted by molar-refractivity contribution is -0.115. The number of aliphatic hydroxyl groups is 1. The number of carbonyl (C=O) groups excluding carboxylic acids is 1. The molecule has 4 heteroatoms. The lowest BCUT2D eigenvalue weighted by atomic mass is 9.92. The molecule has 132 valence electrons. The second kappa shape index (κ2) is 7.38. The van der Waals surface area contributed by atoms with Crippen molar-refractivity contribution in [3.63, 3.8) is 0 Å². The van der Waals surface area contributed by atoms with Crippen LogP contribution in [0.15, 0.2) is 48.5 Å². The van der Waals surface area contributed by atoms with Gasteiger partial charge in [0.25, 0.3) is 0 Å². The van der Waals surface area contributed by atoms with Crippen LogP contribution < -0.4 is 10.6 Å². The average Bonchev–Trinajstić information content (AvgIpc) is 3.00. The van der Waals surface area contributed by atoms with Crippen molar-refractivity contribution in [2.24, 2.45) is 0 Å². The summed E-state index contributed by atoms with van der Waals surface area (Å²) in [5.41, 5.74) is 3.81. The fourth-order valence-electron chi connectivity index (χ4n) is 3.65. The molecule has 25 heavy (non-hydrogen) atoms. The quantitative estimate of drug-likeness (QED) is 0.758. The predicted molar refractivity (Wildman–Crippen MR) is 101 cm³/mol. The highest BCUT2D eigenvalue weighted by atomic mass is 16.3. The maximum Gasteiger partial charge on any atom is 0.238 e. The maximum absolute atomic E-state index is 12.5. The van der Waals surface area contributed by atoms with Crippen molar-refractivity contribution < 1.29 is 9.90 Å². The van der Waals surface area contributed by atoms with Crippen molar-refractivity contribution in [2.45, 2.75) is 38.1 Å². The van der Waals surface area contributed by atoms with Gasteiger partial charge in [-0.25, -0.2) is 0 Å². The van der Waals surface area contributed by atoms with Crippen molar-refractivity contribution in [3.05, 3.63) is 65.2 Å². The second-order valence-corrected chi connectivity index (χ2v) is 7.04. The number of rotatable bonds is 6. The van der Waals surface area contributed by atoms with Gasteiger partial charge in [-0.05, 0) is 41.5 Å². The Bertz CT molecular complexity index is 757. The van der Waals surface area contributed by atoms with Crippen LogP contribution in [0.4, 0.5) is 5.69 Å². The largest absolute Gasteiger partial charge is 0.394 e. The molecule has 1 amide bonds. The fourth-order valence-corrected chi connectivity index (χ4v) is 3.65. The Morgan fingerprint density at radius 2 is 1.88 bits per heavy atom. The van der Waals surface area contributed by atoms with Gasteiger partial charge in [0.2, 0.25) is 5.91 Å². The summed E-state index contributed by atoms with van der Waals surface area (Å²) in [5, 5.41) is 16.3. The van der Waals surface area contributed by atoms with Gasteiger partial charge in [-0.3, -0.25) is 10.1 Å². The minimum atomic E-state index is -0.522. The van der Waals surface area contributed by atoms with Gasteiger partial charge < -0.3 is 10.4 Å². The van der Waals surface area contributed by atoms with E-state index >= 15 is 0 Å². The van der Waals surface area contributed by atoms with Crippen LogP contribution in [0.1, 0.15) is 42.9 Å². The molecule has 0 heterocycles. The molecular weight excluding hydrogens is 312 g/mol. The van der Waals surface area contributed by atoms with Crippen LogP contribution in [0.25, 0.3) is 0 Å². The van der Waals surface area contributed by atoms with Crippen molar-refractivity contribution in [2.75, 3.05) is 18.5 Å². The number of hydrogen-bond acceptors (Lipinski definition) is 3. The Hall–Kier alpha value is -2.17. The highest BCUT2D eigenvalue weighted by Gasteiger charge is 2.37. The molecule has 0 saturated heterocycles. The number of fused-ring (bicyclic) bond motifs is 1. The third-order valence-electron chi connectivity index (χ3n) is 5.07. The first-order chi connectivity index (χ1) is 12.1. The monoisotopic (exact) mass is 338 g/mol. The Labute approximate surface area is 149 Å². The van der Waals surface area contributed by atoms with Crippen LogP contribution >= 0.6 is 0 Å². The van der Waals surface area contributed by atoms with E-state index in [1.807, 2.05) is 42.5 Å². The highest BCUT2D eigenvalue weighted by molar-refractivity contribution is 5.93. The summed E-state index contributed by atoms with van der Waals surface area (Å²) >= 11 is 0. The molecule has 0 saturated carbocycles. The Morgan fingerprint density at radius 3 is 2.64 bits per heavy atom. The van der Waals surface area contributed by atoms with E-state index in [0.717, 1.165) is 29.7 Å². The van der Waals surface area contributed by atoms with Gasteiger partial charge >= 0.3 is 0 Å². The molecule has 0 radical (unpaired) electrons. The number of aryl methyl sites for hydroxylation is 1. The van der Waals surface area contributed by atoms with E-state index < -0.39 is 5.54 Å². The molecule has 2 aromatic carbocycles. The first kappa shape index (κ1) is 17.6. The summed E-state index contributed by atoms with van der Waals surface area (Å²) in [6, 6.07) is 16.0. The molecule has 1 aliphatic carbocycles. The molecule has 0 aliphatic heterocycles. The zero-order valence-electron chi connectivity index (χ0n) is 14.9. The van der Waals surface area contributed by atoms with Crippen molar-refractivity contribution >= 4 is 11.6 Å². The predicted octanol–water partition coefficient (Wildman–Crippen LogP) is 3.17. The van der Waals surface area contributed by atoms with Crippen LogP contribution in [0.5, 0.6) is 0 Å². The van der Waals surface area contributed by atoms with Gasteiger partial charge in [-0.2, -0.15) is 0 Å². The van der Waals surface area contributed by atoms with Gasteiger partial charge in [0, 0.05) is 5.69 Å². The topological polar surface area (TPSA) is 61.4 Å². The molecular formula is C21H26N2O2. The summed E-state index contributed by atoms with van der Waals surface area (Å²) in [7, 11) is 0. The lowest BCUT2D eigenvalue weighted by Crippen LogP contribution is -2.47. The molecule has 4 nitrogen and oxygen atoms in total. The second-order valence-electron chi connectivity index (χ2n) is 7.04. The van der Waals surface area contributed by atoms with E-state index in [9.17, 15) is 9.90 Å². The van der Waals surface area contributed by atoms with E-state index in [1.54, 1.807) is 0 Å². The van der Waals surface area contributed by atoms with Crippen LogP contribution in [0, 0.1) is 0 Å². The van der Waals surface area contributed by atoms with E-state index in [0.29, 0.717) is 5.92 Å². The normalized spacial score (nSPS) is 19.0. The molecule has 2 aromatic rings. The standard InChI is InChI=1S/C21H26N2O2/c1-15(2)17-8-4-6-10-19(17)23-20(25)13-22-21(14-24)12-11-16-7-3-5-9-18(16)21/h3-10,15,22,24H,11-14H2,1-2H3,(H,23,25). The lowest BCUT2D eigenvalue weighted by Gasteiger charge is -2.29. The van der Waals surface area contributed by atoms with Crippen LogP contribution in [-0.4, -0.2) is 24.2 Å². The molecule has 1 unspecified atom stereocenters. The minimum Gasteiger partial charge on any atom is -0.394 e. The first-order valence-corrected chi connectivity index (χ1v) is 8.89. The van der Waals surface area contributed by atoms with Crippen LogP contribution in [-0.2, 0) is 16.8 Å². The molecule has 0 fully saturated rings. The Kier molecular flexibility index (Phi) is 5.21.